The highest BCUT2D eigenvalue weighted by atomic mass is 35.5. The highest BCUT2D eigenvalue weighted by Crippen LogP contribution is 2.44. The molecule has 0 amide bonds. The Balaban J connectivity index is 2.38. The third-order valence-electron chi connectivity index (χ3n) is 4.52. The fraction of sp³-hybridized carbons (Fsp3) is 0.647. The van der Waals surface area contributed by atoms with Gasteiger partial charge in [0.05, 0.1) is 18.8 Å². The molecule has 0 radical (unpaired) electrons. The molecule has 1 aromatic rings. The first-order valence-electron chi connectivity index (χ1n) is 7.75. The minimum Gasteiger partial charge on any atom is -0.496 e. The van der Waals surface area contributed by atoms with Crippen LogP contribution in [0, 0.1) is 5.92 Å². The van der Waals surface area contributed by atoms with Gasteiger partial charge < -0.3 is 15.2 Å². The van der Waals surface area contributed by atoms with E-state index >= 15 is 0 Å². The summed E-state index contributed by atoms with van der Waals surface area (Å²) in [6.45, 7) is 4.97. The Kier molecular flexibility index (Phi) is 5.53. The van der Waals surface area contributed by atoms with Crippen molar-refractivity contribution in [1.82, 2.24) is 0 Å². The second kappa shape index (κ2) is 6.99. The molecule has 1 aliphatic rings. The first-order valence-corrected chi connectivity index (χ1v) is 8.13. The smallest absolute Gasteiger partial charge is 0.123 e. The van der Waals surface area contributed by atoms with Gasteiger partial charge in [-0.15, -0.1) is 0 Å². The zero-order valence-corrected chi connectivity index (χ0v) is 14.0. The van der Waals surface area contributed by atoms with Crippen LogP contribution in [0.2, 0.25) is 5.02 Å². The topological polar surface area (TPSA) is 44.5 Å². The van der Waals surface area contributed by atoms with Gasteiger partial charge in [-0.05, 0) is 43.9 Å². The van der Waals surface area contributed by atoms with Crippen LogP contribution in [0.5, 0.6) is 5.75 Å². The lowest BCUT2D eigenvalue weighted by Gasteiger charge is -2.44. The molecule has 3 unspecified atom stereocenters. The molecule has 2 N–H and O–H groups in total. The molecule has 2 rings (SSSR count). The molecule has 4 heteroatoms. The summed E-state index contributed by atoms with van der Waals surface area (Å²) in [5, 5.41) is 0.678. The molecule has 1 aromatic carbocycles. The van der Waals surface area contributed by atoms with E-state index in [4.69, 9.17) is 26.8 Å². The van der Waals surface area contributed by atoms with E-state index in [1.54, 1.807) is 7.11 Å². The van der Waals surface area contributed by atoms with E-state index in [9.17, 15) is 0 Å². The van der Waals surface area contributed by atoms with Crippen LogP contribution in [-0.4, -0.2) is 19.3 Å². The van der Waals surface area contributed by atoms with Crippen LogP contribution in [-0.2, 0) is 4.74 Å². The maximum atomic E-state index is 6.63. The summed E-state index contributed by atoms with van der Waals surface area (Å²) in [7, 11) is 1.66. The molecule has 118 valence electrons. The van der Waals surface area contributed by atoms with E-state index in [0.29, 0.717) is 17.5 Å². The van der Waals surface area contributed by atoms with Crippen molar-refractivity contribution in [1.29, 1.82) is 0 Å². The van der Waals surface area contributed by atoms with E-state index in [-0.39, 0.29) is 11.6 Å². The van der Waals surface area contributed by atoms with Crippen molar-refractivity contribution in [3.63, 3.8) is 0 Å². The Hall–Kier alpha value is -0.770. The normalized spacial score (nSPS) is 27.4. The molecule has 3 atom stereocenters. The van der Waals surface area contributed by atoms with Crippen LogP contribution >= 0.6 is 11.6 Å². The number of hydrogen-bond donors (Lipinski definition) is 1. The van der Waals surface area contributed by atoms with Crippen molar-refractivity contribution in [3.8, 4) is 5.75 Å². The molecule has 0 heterocycles. The lowest BCUT2D eigenvalue weighted by Crippen LogP contribution is -2.47. The average molecular weight is 312 g/mol. The predicted octanol–water partition coefficient (Wildman–Crippen LogP) is 4.33. The largest absolute Gasteiger partial charge is 0.496 e. The Bertz CT molecular complexity index is 476. The molecule has 3 nitrogen and oxygen atoms in total. The molecule has 1 aliphatic carbocycles. The SMILES string of the molecule is CCOC1(C(N)c2cc(Cl)ccc2OC)CCCC(C)C1. The van der Waals surface area contributed by atoms with Crippen LogP contribution in [0.3, 0.4) is 0 Å². The third kappa shape index (κ3) is 3.53. The van der Waals surface area contributed by atoms with Gasteiger partial charge in [0, 0.05) is 17.2 Å². The van der Waals surface area contributed by atoms with Crippen molar-refractivity contribution >= 4 is 11.6 Å². The summed E-state index contributed by atoms with van der Waals surface area (Å²) in [6, 6.07) is 5.39. The maximum Gasteiger partial charge on any atom is 0.123 e. The number of halogens is 1. The average Bonchev–Trinajstić information content (AvgIpc) is 2.46. The monoisotopic (exact) mass is 311 g/mol. The predicted molar refractivity (Wildman–Crippen MR) is 86.9 cm³/mol. The van der Waals surface area contributed by atoms with Gasteiger partial charge >= 0.3 is 0 Å². The molecular formula is C17H26ClNO2. The van der Waals surface area contributed by atoms with Gasteiger partial charge in [-0.1, -0.05) is 31.4 Å². The number of benzene rings is 1. The van der Waals surface area contributed by atoms with E-state index in [2.05, 4.69) is 6.92 Å². The van der Waals surface area contributed by atoms with Gasteiger partial charge in [-0.25, -0.2) is 0 Å². The van der Waals surface area contributed by atoms with Crippen molar-refractivity contribution in [2.24, 2.45) is 11.7 Å². The second-order valence-electron chi connectivity index (χ2n) is 6.06. The number of rotatable bonds is 5. The van der Waals surface area contributed by atoms with E-state index in [1.165, 1.54) is 6.42 Å². The molecular weight excluding hydrogens is 286 g/mol. The first kappa shape index (κ1) is 16.6. The van der Waals surface area contributed by atoms with Crippen LogP contribution < -0.4 is 10.5 Å². The zero-order chi connectivity index (χ0) is 15.5. The van der Waals surface area contributed by atoms with Gasteiger partial charge in [0.25, 0.3) is 0 Å². The van der Waals surface area contributed by atoms with Crippen LogP contribution in [0.4, 0.5) is 0 Å². The van der Waals surface area contributed by atoms with Crippen LogP contribution in [0.25, 0.3) is 0 Å². The van der Waals surface area contributed by atoms with Crippen molar-refractivity contribution < 1.29 is 9.47 Å². The lowest BCUT2D eigenvalue weighted by atomic mass is 9.73. The molecule has 0 aliphatic heterocycles. The van der Waals surface area contributed by atoms with Crippen LogP contribution in [0.1, 0.15) is 51.1 Å². The van der Waals surface area contributed by atoms with Crippen molar-refractivity contribution in [3.05, 3.63) is 28.8 Å². The quantitative estimate of drug-likeness (QED) is 0.880. The van der Waals surface area contributed by atoms with Gasteiger partial charge in [0.1, 0.15) is 5.75 Å². The van der Waals surface area contributed by atoms with Crippen molar-refractivity contribution in [2.45, 2.75) is 51.2 Å². The number of methoxy groups -OCH3 is 1. The summed E-state index contributed by atoms with van der Waals surface area (Å²) >= 11 is 6.16. The van der Waals surface area contributed by atoms with E-state index in [1.807, 2.05) is 25.1 Å². The summed E-state index contributed by atoms with van der Waals surface area (Å²) < 4.78 is 11.6. The molecule has 1 fully saturated rings. The molecule has 0 bridgehead atoms. The Morgan fingerprint density at radius 2 is 2.24 bits per heavy atom. The second-order valence-corrected chi connectivity index (χ2v) is 6.50. The number of hydrogen-bond acceptors (Lipinski definition) is 3. The fourth-order valence-electron chi connectivity index (χ4n) is 3.57. The minimum absolute atomic E-state index is 0.228. The summed E-state index contributed by atoms with van der Waals surface area (Å²) in [4.78, 5) is 0. The molecule has 1 saturated carbocycles. The highest BCUT2D eigenvalue weighted by molar-refractivity contribution is 6.30. The first-order chi connectivity index (χ1) is 10.0. The van der Waals surface area contributed by atoms with Gasteiger partial charge in [0.15, 0.2) is 0 Å². The third-order valence-corrected chi connectivity index (χ3v) is 4.75. The molecule has 0 spiro atoms. The van der Waals surface area contributed by atoms with Crippen molar-refractivity contribution in [2.75, 3.05) is 13.7 Å². The maximum absolute atomic E-state index is 6.63. The number of nitrogens with two attached hydrogens (primary N) is 1. The van der Waals surface area contributed by atoms with E-state index in [0.717, 1.165) is 30.6 Å². The summed E-state index contributed by atoms with van der Waals surface area (Å²) in [5.74, 6) is 1.41. The lowest BCUT2D eigenvalue weighted by molar-refractivity contribution is -0.0941. The summed E-state index contributed by atoms with van der Waals surface area (Å²) in [5.41, 5.74) is 7.26. The molecule has 0 aromatic heterocycles. The minimum atomic E-state index is -0.315. The zero-order valence-electron chi connectivity index (χ0n) is 13.2. The standard InChI is InChI=1S/C17H26ClNO2/c1-4-21-17(9-5-6-12(2)11-17)16(19)14-10-13(18)7-8-15(14)20-3/h7-8,10,12,16H,4-6,9,11,19H2,1-3H3. The van der Waals surface area contributed by atoms with Gasteiger partial charge in [-0.3, -0.25) is 0 Å². The van der Waals surface area contributed by atoms with Gasteiger partial charge in [-0.2, -0.15) is 0 Å². The Morgan fingerprint density at radius 3 is 2.86 bits per heavy atom. The summed E-state index contributed by atoms with van der Waals surface area (Å²) in [6.07, 6.45) is 4.37. The van der Waals surface area contributed by atoms with Crippen LogP contribution in [0.15, 0.2) is 18.2 Å². The Morgan fingerprint density at radius 1 is 1.48 bits per heavy atom. The highest BCUT2D eigenvalue weighted by Gasteiger charge is 2.42. The van der Waals surface area contributed by atoms with Gasteiger partial charge in [0.2, 0.25) is 0 Å². The fourth-order valence-corrected chi connectivity index (χ4v) is 3.75. The Labute approximate surface area is 132 Å². The molecule has 21 heavy (non-hydrogen) atoms. The van der Waals surface area contributed by atoms with E-state index < -0.39 is 0 Å². The number of ether oxygens (including phenoxy) is 2. The molecule has 0 saturated heterocycles.